The monoisotopic (exact) mass is 336 g/mol. The Kier molecular flexibility index (Phi) is 5.14. The van der Waals surface area contributed by atoms with Crippen LogP contribution in [0.3, 0.4) is 0 Å². The standard InChI is InChI=1S/C20H20N2O3/c1-14(15-7-3-2-4-8-15)12-21-19(23)13-25-20(24)18-11-16-9-5-6-10-17(16)22-18/h2-11,14,22H,12-13H2,1H3,(H,21,23)/t14-/m0/s1. The van der Waals surface area contributed by atoms with Gasteiger partial charge >= 0.3 is 5.97 Å². The summed E-state index contributed by atoms with van der Waals surface area (Å²) in [6.07, 6.45) is 0. The van der Waals surface area contributed by atoms with E-state index in [0.717, 1.165) is 16.5 Å². The van der Waals surface area contributed by atoms with E-state index in [1.807, 2.05) is 61.5 Å². The van der Waals surface area contributed by atoms with Gasteiger partial charge in [0.15, 0.2) is 6.61 Å². The molecule has 1 heterocycles. The molecular weight excluding hydrogens is 316 g/mol. The van der Waals surface area contributed by atoms with Crippen LogP contribution in [0, 0.1) is 0 Å². The van der Waals surface area contributed by atoms with Crippen molar-refractivity contribution in [2.24, 2.45) is 0 Å². The molecule has 0 aliphatic carbocycles. The molecule has 1 atom stereocenters. The summed E-state index contributed by atoms with van der Waals surface area (Å²) in [6.45, 7) is 2.23. The van der Waals surface area contributed by atoms with Gasteiger partial charge in [0.1, 0.15) is 5.69 Å². The van der Waals surface area contributed by atoms with Crippen LogP contribution in [0.5, 0.6) is 0 Å². The molecule has 5 nitrogen and oxygen atoms in total. The van der Waals surface area contributed by atoms with Gasteiger partial charge in [0.05, 0.1) is 0 Å². The number of ether oxygens (including phenoxy) is 1. The van der Waals surface area contributed by atoms with Crippen molar-refractivity contribution in [2.45, 2.75) is 12.8 Å². The molecular formula is C20H20N2O3. The van der Waals surface area contributed by atoms with Gasteiger partial charge in [0.2, 0.25) is 0 Å². The Morgan fingerprint density at radius 3 is 2.56 bits per heavy atom. The molecule has 0 saturated heterocycles. The number of amides is 1. The van der Waals surface area contributed by atoms with Crippen LogP contribution >= 0.6 is 0 Å². The van der Waals surface area contributed by atoms with E-state index in [1.165, 1.54) is 0 Å². The third kappa shape index (κ3) is 4.26. The number of esters is 1. The largest absolute Gasteiger partial charge is 0.451 e. The molecule has 0 aliphatic rings. The Labute approximate surface area is 146 Å². The van der Waals surface area contributed by atoms with Crippen molar-refractivity contribution in [3.8, 4) is 0 Å². The maximum absolute atomic E-state index is 12.0. The lowest BCUT2D eigenvalue weighted by Gasteiger charge is -2.13. The van der Waals surface area contributed by atoms with Gasteiger partial charge in [-0.05, 0) is 23.6 Å². The SMILES string of the molecule is C[C@@H](CNC(=O)COC(=O)c1cc2ccccc2[nH]1)c1ccccc1. The fourth-order valence-corrected chi connectivity index (χ4v) is 2.61. The third-order valence-electron chi connectivity index (χ3n) is 4.06. The normalized spacial score (nSPS) is 11.9. The molecule has 25 heavy (non-hydrogen) atoms. The second kappa shape index (κ2) is 7.66. The molecule has 0 spiro atoms. The van der Waals surface area contributed by atoms with Gasteiger partial charge in [-0.1, -0.05) is 55.5 Å². The summed E-state index contributed by atoms with van der Waals surface area (Å²) < 4.78 is 5.08. The first-order valence-electron chi connectivity index (χ1n) is 8.20. The van der Waals surface area contributed by atoms with Crippen molar-refractivity contribution in [1.82, 2.24) is 10.3 Å². The van der Waals surface area contributed by atoms with E-state index in [-0.39, 0.29) is 18.4 Å². The molecule has 0 unspecified atom stereocenters. The van der Waals surface area contributed by atoms with E-state index >= 15 is 0 Å². The van der Waals surface area contributed by atoms with E-state index in [1.54, 1.807) is 6.07 Å². The smallest absolute Gasteiger partial charge is 0.355 e. The highest BCUT2D eigenvalue weighted by Gasteiger charge is 2.13. The van der Waals surface area contributed by atoms with E-state index in [2.05, 4.69) is 10.3 Å². The predicted octanol–water partition coefficient (Wildman–Crippen LogP) is 3.24. The van der Waals surface area contributed by atoms with E-state index in [9.17, 15) is 9.59 Å². The number of carbonyl (C=O) groups is 2. The summed E-state index contributed by atoms with van der Waals surface area (Å²) in [4.78, 5) is 26.9. The molecule has 5 heteroatoms. The molecule has 0 aliphatic heterocycles. The van der Waals surface area contributed by atoms with Gasteiger partial charge in [0.25, 0.3) is 5.91 Å². The minimum atomic E-state index is -0.539. The number of benzene rings is 2. The quantitative estimate of drug-likeness (QED) is 0.679. The fourth-order valence-electron chi connectivity index (χ4n) is 2.61. The van der Waals surface area contributed by atoms with Gasteiger partial charge in [-0.3, -0.25) is 4.79 Å². The van der Waals surface area contributed by atoms with Crippen molar-refractivity contribution in [3.63, 3.8) is 0 Å². The highest BCUT2D eigenvalue weighted by Crippen LogP contribution is 2.15. The lowest BCUT2D eigenvalue weighted by molar-refractivity contribution is -0.124. The molecule has 0 radical (unpaired) electrons. The molecule has 3 aromatic rings. The van der Waals surface area contributed by atoms with Crippen LogP contribution in [0.4, 0.5) is 0 Å². The Morgan fingerprint density at radius 1 is 1.08 bits per heavy atom. The van der Waals surface area contributed by atoms with Crippen LogP contribution < -0.4 is 5.32 Å². The summed E-state index contributed by atoms with van der Waals surface area (Å²) in [5.41, 5.74) is 2.35. The maximum atomic E-state index is 12.0. The number of nitrogens with one attached hydrogen (secondary N) is 2. The molecule has 1 aromatic heterocycles. The second-order valence-electron chi connectivity index (χ2n) is 5.96. The van der Waals surface area contributed by atoms with Crippen molar-refractivity contribution in [2.75, 3.05) is 13.2 Å². The number of aromatic amines is 1. The van der Waals surface area contributed by atoms with Crippen LogP contribution in [-0.2, 0) is 9.53 Å². The topological polar surface area (TPSA) is 71.2 Å². The van der Waals surface area contributed by atoms with Gasteiger partial charge in [0, 0.05) is 17.4 Å². The van der Waals surface area contributed by atoms with Crippen molar-refractivity contribution >= 4 is 22.8 Å². The summed E-state index contributed by atoms with van der Waals surface area (Å²) in [5, 5.41) is 3.71. The average Bonchev–Trinajstić information content (AvgIpc) is 3.09. The molecule has 0 bridgehead atoms. The number of hydrogen-bond acceptors (Lipinski definition) is 3. The summed E-state index contributed by atoms with van der Waals surface area (Å²) in [6, 6.07) is 19.2. The minimum Gasteiger partial charge on any atom is -0.451 e. The Hall–Kier alpha value is -3.08. The number of fused-ring (bicyclic) bond motifs is 1. The van der Waals surface area contributed by atoms with Crippen molar-refractivity contribution < 1.29 is 14.3 Å². The zero-order chi connectivity index (χ0) is 17.6. The lowest BCUT2D eigenvalue weighted by atomic mass is 10.0. The van der Waals surface area contributed by atoms with E-state index < -0.39 is 5.97 Å². The summed E-state index contributed by atoms with van der Waals surface area (Å²) in [7, 11) is 0. The molecule has 2 N–H and O–H groups in total. The highest BCUT2D eigenvalue weighted by atomic mass is 16.5. The first-order chi connectivity index (χ1) is 12.1. The maximum Gasteiger partial charge on any atom is 0.355 e. The van der Waals surface area contributed by atoms with E-state index in [0.29, 0.717) is 12.2 Å². The molecule has 128 valence electrons. The van der Waals surface area contributed by atoms with Gasteiger partial charge < -0.3 is 15.0 Å². The zero-order valence-electron chi connectivity index (χ0n) is 14.0. The Bertz CT molecular complexity index is 838. The number of H-pyrrole nitrogens is 1. The summed E-state index contributed by atoms with van der Waals surface area (Å²) >= 11 is 0. The second-order valence-corrected chi connectivity index (χ2v) is 5.96. The highest BCUT2D eigenvalue weighted by molar-refractivity contribution is 5.95. The van der Waals surface area contributed by atoms with Crippen LogP contribution in [0.1, 0.15) is 28.9 Å². The molecule has 0 fully saturated rings. The minimum absolute atomic E-state index is 0.189. The zero-order valence-corrected chi connectivity index (χ0v) is 14.0. The van der Waals surface area contributed by atoms with Crippen molar-refractivity contribution in [3.05, 3.63) is 71.9 Å². The van der Waals surface area contributed by atoms with Crippen LogP contribution in [-0.4, -0.2) is 30.0 Å². The number of hydrogen-bond donors (Lipinski definition) is 2. The van der Waals surface area contributed by atoms with Gasteiger partial charge in [-0.2, -0.15) is 0 Å². The predicted molar refractivity (Wildman–Crippen MR) is 96.4 cm³/mol. The molecule has 0 saturated carbocycles. The molecule has 3 rings (SSSR count). The number of carbonyl (C=O) groups excluding carboxylic acids is 2. The first kappa shape index (κ1) is 16.8. The fraction of sp³-hybridized carbons (Fsp3) is 0.200. The van der Waals surface area contributed by atoms with Crippen molar-refractivity contribution in [1.29, 1.82) is 0 Å². The molecule has 2 aromatic carbocycles. The number of para-hydroxylation sites is 1. The number of aromatic nitrogens is 1. The third-order valence-corrected chi connectivity index (χ3v) is 4.06. The average molecular weight is 336 g/mol. The van der Waals surface area contributed by atoms with Crippen LogP contribution in [0.15, 0.2) is 60.7 Å². The van der Waals surface area contributed by atoms with Crippen LogP contribution in [0.25, 0.3) is 10.9 Å². The lowest BCUT2D eigenvalue weighted by Crippen LogP contribution is -2.31. The summed E-state index contributed by atoms with van der Waals surface area (Å²) in [5.74, 6) is -0.663. The van der Waals surface area contributed by atoms with Gasteiger partial charge in [-0.15, -0.1) is 0 Å². The first-order valence-corrected chi connectivity index (χ1v) is 8.20. The van der Waals surface area contributed by atoms with Crippen LogP contribution in [0.2, 0.25) is 0 Å². The number of rotatable bonds is 6. The Morgan fingerprint density at radius 2 is 1.80 bits per heavy atom. The Balaban J connectivity index is 1.47. The van der Waals surface area contributed by atoms with E-state index in [4.69, 9.17) is 4.74 Å². The molecule has 1 amide bonds. The van der Waals surface area contributed by atoms with Gasteiger partial charge in [-0.25, -0.2) is 4.79 Å².